The number of methoxy groups -OCH3 is 1. The summed E-state index contributed by atoms with van der Waals surface area (Å²) in [5.74, 6) is -0.904. The van der Waals surface area contributed by atoms with Gasteiger partial charge in [-0.25, -0.2) is 0 Å². The van der Waals surface area contributed by atoms with E-state index in [1.54, 1.807) is 4.90 Å². The lowest BCUT2D eigenvalue weighted by atomic mass is 9.96. The average Bonchev–Trinajstić information content (AvgIpc) is 2.77. The summed E-state index contributed by atoms with van der Waals surface area (Å²) in [6.45, 7) is 0.543. The molecule has 0 unspecified atom stereocenters. The molecule has 92 valence electrons. The Bertz CT molecular complexity index is 550. The molecule has 0 aromatic heterocycles. The molecule has 1 aromatic carbocycles. The first kappa shape index (κ1) is 11.2. The molecule has 0 fully saturated rings. The first-order chi connectivity index (χ1) is 8.76. The van der Waals surface area contributed by atoms with Gasteiger partial charge in [-0.05, 0) is 11.6 Å². The molecule has 0 saturated carbocycles. The molecule has 2 heterocycles. The van der Waals surface area contributed by atoms with E-state index < -0.39 is 12.0 Å². The summed E-state index contributed by atoms with van der Waals surface area (Å²) in [6.07, 6.45) is 2.08. The lowest BCUT2D eigenvalue weighted by Crippen LogP contribution is -2.43. The average molecular weight is 243 g/mol. The van der Waals surface area contributed by atoms with Gasteiger partial charge in [-0.1, -0.05) is 24.3 Å². The monoisotopic (exact) mass is 243 g/mol. The second kappa shape index (κ2) is 4.07. The third-order valence-corrected chi connectivity index (χ3v) is 3.56. The molecule has 1 aromatic rings. The smallest absolute Gasteiger partial charge is 0.240 e. The molecule has 2 aliphatic heterocycles. The van der Waals surface area contributed by atoms with Crippen LogP contribution in [0.25, 0.3) is 5.70 Å². The van der Waals surface area contributed by atoms with Crippen LogP contribution in [0.5, 0.6) is 0 Å². The van der Waals surface area contributed by atoms with Crippen molar-refractivity contribution in [3.05, 3.63) is 41.5 Å². The Kier molecular flexibility index (Phi) is 2.52. The van der Waals surface area contributed by atoms with E-state index in [-0.39, 0.29) is 5.91 Å². The summed E-state index contributed by atoms with van der Waals surface area (Å²) in [5, 5.41) is 0. The predicted octanol–water partition coefficient (Wildman–Crippen LogP) is 1.21. The number of carbonyl (C=O) groups excluding carboxylic acids is 2. The van der Waals surface area contributed by atoms with Crippen molar-refractivity contribution in [1.29, 1.82) is 0 Å². The normalized spacial score (nSPS) is 25.5. The summed E-state index contributed by atoms with van der Waals surface area (Å²) < 4.78 is 5.23. The highest BCUT2D eigenvalue weighted by Crippen LogP contribution is 2.37. The number of nitrogens with zero attached hydrogens (tertiary/aromatic N) is 1. The Morgan fingerprint density at radius 3 is 2.89 bits per heavy atom. The lowest BCUT2D eigenvalue weighted by Gasteiger charge is -2.30. The number of rotatable bonds is 2. The third kappa shape index (κ3) is 1.42. The second-order valence-electron chi connectivity index (χ2n) is 4.50. The number of benzene rings is 1. The van der Waals surface area contributed by atoms with Crippen molar-refractivity contribution in [2.45, 2.75) is 12.6 Å². The molecule has 0 radical (unpaired) electrons. The number of amides is 1. The summed E-state index contributed by atoms with van der Waals surface area (Å²) in [6, 6.07) is 7.89. The van der Waals surface area contributed by atoms with Gasteiger partial charge in [0.15, 0.2) is 0 Å². The van der Waals surface area contributed by atoms with Crippen LogP contribution in [0.2, 0.25) is 0 Å². The van der Waals surface area contributed by atoms with Crippen molar-refractivity contribution in [2.75, 3.05) is 7.11 Å². The van der Waals surface area contributed by atoms with Gasteiger partial charge in [0, 0.05) is 12.7 Å². The predicted molar refractivity (Wildman–Crippen MR) is 65.3 cm³/mol. The van der Waals surface area contributed by atoms with E-state index in [2.05, 4.69) is 0 Å². The van der Waals surface area contributed by atoms with E-state index in [1.165, 1.54) is 7.11 Å². The van der Waals surface area contributed by atoms with E-state index in [1.807, 2.05) is 30.3 Å². The van der Waals surface area contributed by atoms with Gasteiger partial charge in [0.2, 0.25) is 5.91 Å². The second-order valence-corrected chi connectivity index (χ2v) is 4.50. The maximum absolute atomic E-state index is 12.2. The standard InChI is InChI=1S/C14H13NO3/c1-18-13-6-12-10-5-3-2-4-9(10)7-15(12)14(17)11(13)8-16/h2-6,8,11,13H,7H2,1H3/t11-,13-/m0/s1. The number of fused-ring (bicyclic) bond motifs is 3. The minimum absolute atomic E-state index is 0.175. The molecule has 3 rings (SSSR count). The van der Waals surface area contributed by atoms with Crippen molar-refractivity contribution in [2.24, 2.45) is 5.92 Å². The van der Waals surface area contributed by atoms with Crippen LogP contribution < -0.4 is 0 Å². The SMILES string of the molecule is CO[C@H]1C=C2c3ccccc3CN2C(=O)[C@H]1C=O. The zero-order valence-corrected chi connectivity index (χ0v) is 10.00. The molecule has 2 aliphatic rings. The molecule has 4 heteroatoms. The van der Waals surface area contributed by atoms with Crippen LogP contribution in [0, 0.1) is 5.92 Å². The molecule has 4 nitrogen and oxygen atoms in total. The highest BCUT2D eigenvalue weighted by Gasteiger charge is 2.40. The highest BCUT2D eigenvalue weighted by atomic mass is 16.5. The van der Waals surface area contributed by atoms with Gasteiger partial charge in [-0.15, -0.1) is 0 Å². The lowest BCUT2D eigenvalue weighted by molar-refractivity contribution is -0.140. The van der Waals surface area contributed by atoms with Crippen LogP contribution in [0.4, 0.5) is 0 Å². The number of carbonyl (C=O) groups is 2. The number of aldehydes is 1. The molecule has 18 heavy (non-hydrogen) atoms. The van der Waals surface area contributed by atoms with Crippen molar-refractivity contribution < 1.29 is 14.3 Å². The van der Waals surface area contributed by atoms with Crippen molar-refractivity contribution in [3.8, 4) is 0 Å². The maximum atomic E-state index is 12.2. The van der Waals surface area contributed by atoms with Gasteiger partial charge in [-0.3, -0.25) is 4.79 Å². The summed E-state index contributed by atoms with van der Waals surface area (Å²) in [4.78, 5) is 25.0. The van der Waals surface area contributed by atoms with Crippen molar-refractivity contribution in [1.82, 2.24) is 4.90 Å². The zero-order valence-electron chi connectivity index (χ0n) is 10.00. The van der Waals surface area contributed by atoms with Crippen LogP contribution >= 0.6 is 0 Å². The number of ether oxygens (including phenoxy) is 1. The zero-order chi connectivity index (χ0) is 12.7. The first-order valence-electron chi connectivity index (χ1n) is 5.86. The molecule has 0 N–H and O–H groups in total. The van der Waals surface area contributed by atoms with E-state index in [0.29, 0.717) is 12.8 Å². The quantitative estimate of drug-likeness (QED) is 0.579. The van der Waals surface area contributed by atoms with Crippen LogP contribution in [-0.4, -0.2) is 30.3 Å². The van der Waals surface area contributed by atoms with Crippen LogP contribution in [0.3, 0.4) is 0 Å². The Morgan fingerprint density at radius 2 is 2.17 bits per heavy atom. The van der Waals surface area contributed by atoms with Gasteiger partial charge in [0.25, 0.3) is 0 Å². The fraction of sp³-hybridized carbons (Fsp3) is 0.286. The van der Waals surface area contributed by atoms with Gasteiger partial charge < -0.3 is 14.4 Å². The molecule has 0 saturated heterocycles. The maximum Gasteiger partial charge on any atom is 0.240 e. The van der Waals surface area contributed by atoms with Gasteiger partial charge in [-0.2, -0.15) is 0 Å². The van der Waals surface area contributed by atoms with Crippen molar-refractivity contribution in [3.63, 3.8) is 0 Å². The molecule has 1 amide bonds. The Hall–Kier alpha value is -1.94. The topological polar surface area (TPSA) is 46.6 Å². The summed E-state index contributed by atoms with van der Waals surface area (Å²) in [5.41, 5.74) is 3.02. The van der Waals surface area contributed by atoms with Gasteiger partial charge >= 0.3 is 0 Å². The van der Waals surface area contributed by atoms with E-state index in [9.17, 15) is 9.59 Å². The van der Waals surface area contributed by atoms with E-state index in [4.69, 9.17) is 4.74 Å². The van der Waals surface area contributed by atoms with Crippen LogP contribution in [0.15, 0.2) is 30.3 Å². The summed E-state index contributed by atoms with van der Waals surface area (Å²) in [7, 11) is 1.52. The Balaban J connectivity index is 2.10. The number of hydrogen-bond acceptors (Lipinski definition) is 3. The van der Waals surface area contributed by atoms with E-state index in [0.717, 1.165) is 16.8 Å². The molecular formula is C14H13NO3. The minimum atomic E-state index is -0.729. The number of hydrogen-bond donors (Lipinski definition) is 0. The minimum Gasteiger partial charge on any atom is -0.376 e. The molecule has 0 spiro atoms. The fourth-order valence-corrected chi connectivity index (χ4v) is 2.62. The first-order valence-corrected chi connectivity index (χ1v) is 5.86. The van der Waals surface area contributed by atoms with Crippen LogP contribution in [-0.2, 0) is 20.9 Å². The molecule has 0 bridgehead atoms. The fourth-order valence-electron chi connectivity index (χ4n) is 2.62. The molecular weight excluding hydrogens is 230 g/mol. The highest BCUT2D eigenvalue weighted by molar-refractivity contribution is 6.01. The van der Waals surface area contributed by atoms with Gasteiger partial charge in [0.1, 0.15) is 12.2 Å². The third-order valence-electron chi connectivity index (χ3n) is 3.56. The Labute approximate surface area is 105 Å². The van der Waals surface area contributed by atoms with E-state index >= 15 is 0 Å². The summed E-state index contributed by atoms with van der Waals surface area (Å²) >= 11 is 0. The Morgan fingerprint density at radius 1 is 1.39 bits per heavy atom. The van der Waals surface area contributed by atoms with Gasteiger partial charge in [0.05, 0.1) is 18.3 Å². The van der Waals surface area contributed by atoms with Crippen molar-refractivity contribution >= 4 is 17.9 Å². The van der Waals surface area contributed by atoms with Crippen LogP contribution in [0.1, 0.15) is 11.1 Å². The molecule has 0 aliphatic carbocycles. The largest absolute Gasteiger partial charge is 0.376 e. The molecule has 2 atom stereocenters.